The van der Waals surface area contributed by atoms with Gasteiger partial charge in [0, 0.05) is 18.2 Å². The first kappa shape index (κ1) is 24.9. The number of rotatable bonds is 10. The van der Waals surface area contributed by atoms with Crippen molar-refractivity contribution >= 4 is 17.5 Å². The van der Waals surface area contributed by atoms with Crippen LogP contribution in [0.15, 0.2) is 60.7 Å². The zero-order chi connectivity index (χ0) is 25.7. The van der Waals surface area contributed by atoms with E-state index in [1.807, 2.05) is 43.3 Å². The number of fused-ring (bicyclic) bond motifs is 1. The minimum Gasteiger partial charge on any atom is -0.497 e. The van der Waals surface area contributed by atoms with Crippen LogP contribution in [0, 0.1) is 0 Å². The zero-order valence-corrected chi connectivity index (χ0v) is 20.9. The number of anilines is 1. The first-order chi connectivity index (χ1) is 17.5. The molecule has 0 aromatic heterocycles. The van der Waals surface area contributed by atoms with E-state index in [0.29, 0.717) is 47.4 Å². The van der Waals surface area contributed by atoms with Crippen LogP contribution in [-0.2, 0) is 11.3 Å². The van der Waals surface area contributed by atoms with Crippen LogP contribution < -0.4 is 24.3 Å². The fourth-order valence-corrected chi connectivity index (χ4v) is 4.39. The van der Waals surface area contributed by atoms with E-state index in [-0.39, 0.29) is 18.2 Å². The second-order valence-electron chi connectivity index (χ2n) is 8.27. The van der Waals surface area contributed by atoms with Crippen LogP contribution in [0.5, 0.6) is 23.0 Å². The average molecular weight is 491 g/mol. The van der Waals surface area contributed by atoms with Gasteiger partial charge in [-0.15, -0.1) is 0 Å². The molecule has 2 amide bonds. The Bertz CT molecular complexity index is 1260. The van der Waals surface area contributed by atoms with Crippen molar-refractivity contribution in [1.29, 1.82) is 0 Å². The number of carbonyl (C=O) groups is 2. The van der Waals surface area contributed by atoms with Crippen LogP contribution >= 0.6 is 0 Å². The molecule has 36 heavy (non-hydrogen) atoms. The number of benzene rings is 3. The number of hydrogen-bond acceptors (Lipinski definition) is 6. The molecule has 8 heteroatoms. The van der Waals surface area contributed by atoms with Crippen molar-refractivity contribution in [1.82, 2.24) is 4.90 Å². The van der Waals surface area contributed by atoms with Crippen molar-refractivity contribution in [2.75, 3.05) is 33.3 Å². The average Bonchev–Trinajstić information content (AvgIpc) is 3.23. The maximum absolute atomic E-state index is 13.4. The lowest BCUT2D eigenvalue weighted by Crippen LogP contribution is -2.32. The van der Waals surface area contributed by atoms with Crippen LogP contribution in [0.25, 0.3) is 0 Å². The SMILES string of the molecule is CCOc1ccc(C(CC(=O)Nc2cc(OC)ccc2OC)N2Cc3ccccc3C2=O)cc1OC. The smallest absolute Gasteiger partial charge is 0.255 e. The van der Waals surface area contributed by atoms with Crippen LogP contribution in [0.1, 0.15) is 40.9 Å². The molecule has 0 bridgehead atoms. The highest BCUT2D eigenvalue weighted by Crippen LogP contribution is 2.38. The second-order valence-corrected chi connectivity index (χ2v) is 8.27. The summed E-state index contributed by atoms with van der Waals surface area (Å²) in [4.78, 5) is 28.4. The molecule has 1 aliphatic rings. The van der Waals surface area contributed by atoms with Gasteiger partial charge < -0.3 is 29.2 Å². The minimum atomic E-state index is -0.536. The minimum absolute atomic E-state index is 0.0250. The maximum Gasteiger partial charge on any atom is 0.255 e. The number of methoxy groups -OCH3 is 3. The fraction of sp³-hybridized carbons (Fsp3) is 0.286. The van der Waals surface area contributed by atoms with E-state index in [1.54, 1.807) is 43.4 Å². The van der Waals surface area contributed by atoms with Crippen molar-refractivity contribution in [3.63, 3.8) is 0 Å². The third-order valence-electron chi connectivity index (χ3n) is 6.16. The van der Waals surface area contributed by atoms with Gasteiger partial charge in [0.15, 0.2) is 11.5 Å². The van der Waals surface area contributed by atoms with Crippen LogP contribution in [-0.4, -0.2) is 44.7 Å². The van der Waals surface area contributed by atoms with E-state index < -0.39 is 6.04 Å². The molecule has 0 fully saturated rings. The molecule has 188 valence electrons. The van der Waals surface area contributed by atoms with E-state index in [4.69, 9.17) is 18.9 Å². The third-order valence-corrected chi connectivity index (χ3v) is 6.16. The highest BCUT2D eigenvalue weighted by molar-refractivity contribution is 5.99. The first-order valence-corrected chi connectivity index (χ1v) is 11.7. The molecule has 1 N–H and O–H groups in total. The van der Waals surface area contributed by atoms with Crippen molar-refractivity contribution in [2.45, 2.75) is 25.9 Å². The fourth-order valence-electron chi connectivity index (χ4n) is 4.39. The standard InChI is InChI=1S/C28H30N2O6/c1-5-36-25-12-10-18(14-26(25)35-4)23(30-17-19-8-6-7-9-21(19)28(30)32)16-27(31)29-22-15-20(33-2)11-13-24(22)34-3/h6-15,23H,5,16-17H2,1-4H3,(H,29,31). The Morgan fingerprint density at radius 2 is 1.69 bits per heavy atom. The Labute approximate surface area is 210 Å². The predicted molar refractivity (Wildman–Crippen MR) is 136 cm³/mol. The lowest BCUT2D eigenvalue weighted by atomic mass is 10.0. The predicted octanol–water partition coefficient (Wildman–Crippen LogP) is 4.84. The van der Waals surface area contributed by atoms with Crippen molar-refractivity contribution in [2.24, 2.45) is 0 Å². The number of nitrogens with zero attached hydrogens (tertiary/aromatic N) is 1. The van der Waals surface area contributed by atoms with E-state index in [1.165, 1.54) is 7.11 Å². The largest absolute Gasteiger partial charge is 0.497 e. The number of ether oxygens (including phenoxy) is 4. The Balaban J connectivity index is 1.67. The van der Waals surface area contributed by atoms with E-state index in [2.05, 4.69) is 5.32 Å². The molecule has 1 aliphatic heterocycles. The quantitative estimate of drug-likeness (QED) is 0.438. The Kier molecular flexibility index (Phi) is 7.63. The van der Waals surface area contributed by atoms with Crippen LogP contribution in [0.4, 0.5) is 5.69 Å². The zero-order valence-electron chi connectivity index (χ0n) is 20.9. The normalized spacial score (nSPS) is 13.1. The summed E-state index contributed by atoms with van der Waals surface area (Å²) in [6, 6.07) is 17.6. The first-order valence-electron chi connectivity index (χ1n) is 11.7. The molecule has 1 heterocycles. The Hall–Kier alpha value is -4.20. The van der Waals surface area contributed by atoms with Gasteiger partial charge in [0.1, 0.15) is 11.5 Å². The van der Waals surface area contributed by atoms with Crippen molar-refractivity contribution in [3.8, 4) is 23.0 Å². The second kappa shape index (κ2) is 11.0. The number of nitrogens with one attached hydrogen (secondary N) is 1. The number of amides is 2. The molecule has 8 nitrogen and oxygen atoms in total. The molecule has 0 saturated carbocycles. The Morgan fingerprint density at radius 1 is 0.944 bits per heavy atom. The molecule has 1 unspecified atom stereocenters. The summed E-state index contributed by atoms with van der Waals surface area (Å²) in [6.45, 7) is 2.79. The highest BCUT2D eigenvalue weighted by atomic mass is 16.5. The van der Waals surface area contributed by atoms with E-state index in [9.17, 15) is 9.59 Å². The summed E-state index contributed by atoms with van der Waals surface area (Å²) in [7, 11) is 4.65. The molecular formula is C28H30N2O6. The summed E-state index contributed by atoms with van der Waals surface area (Å²) in [6.07, 6.45) is 0.0250. The molecule has 0 spiro atoms. The Morgan fingerprint density at radius 3 is 2.39 bits per heavy atom. The highest BCUT2D eigenvalue weighted by Gasteiger charge is 2.35. The van der Waals surface area contributed by atoms with Gasteiger partial charge in [0.05, 0.1) is 46.1 Å². The molecular weight excluding hydrogens is 460 g/mol. The molecule has 0 aliphatic carbocycles. The summed E-state index contributed by atoms with van der Waals surface area (Å²) in [5.41, 5.74) is 2.83. The molecule has 1 atom stereocenters. The summed E-state index contributed by atoms with van der Waals surface area (Å²) >= 11 is 0. The van der Waals surface area contributed by atoms with Crippen molar-refractivity contribution < 1.29 is 28.5 Å². The lowest BCUT2D eigenvalue weighted by Gasteiger charge is -2.28. The molecule has 3 aromatic carbocycles. The van der Waals surface area contributed by atoms with E-state index in [0.717, 1.165) is 11.1 Å². The number of carbonyl (C=O) groups excluding carboxylic acids is 2. The molecule has 4 rings (SSSR count). The van der Waals surface area contributed by atoms with Gasteiger partial charge in [-0.1, -0.05) is 24.3 Å². The maximum atomic E-state index is 13.4. The van der Waals surface area contributed by atoms with Gasteiger partial charge in [-0.3, -0.25) is 9.59 Å². The monoisotopic (exact) mass is 490 g/mol. The lowest BCUT2D eigenvalue weighted by molar-refractivity contribution is -0.117. The van der Waals surface area contributed by atoms with Gasteiger partial charge in [0.2, 0.25) is 5.91 Å². The topological polar surface area (TPSA) is 86.3 Å². The summed E-state index contributed by atoms with van der Waals surface area (Å²) in [5.74, 6) is 1.85. The summed E-state index contributed by atoms with van der Waals surface area (Å²) < 4.78 is 21.9. The number of hydrogen-bond donors (Lipinski definition) is 1. The van der Waals surface area contributed by atoms with Crippen LogP contribution in [0.2, 0.25) is 0 Å². The van der Waals surface area contributed by atoms with E-state index >= 15 is 0 Å². The van der Waals surface area contributed by atoms with Crippen molar-refractivity contribution in [3.05, 3.63) is 77.4 Å². The third kappa shape index (κ3) is 5.07. The van der Waals surface area contributed by atoms with Gasteiger partial charge in [-0.25, -0.2) is 0 Å². The molecule has 3 aromatic rings. The van der Waals surface area contributed by atoms with Gasteiger partial charge >= 0.3 is 0 Å². The van der Waals surface area contributed by atoms with Gasteiger partial charge in [-0.2, -0.15) is 0 Å². The summed E-state index contributed by atoms with van der Waals surface area (Å²) in [5, 5.41) is 2.92. The van der Waals surface area contributed by atoms with Gasteiger partial charge in [0.25, 0.3) is 5.91 Å². The molecule has 0 saturated heterocycles. The molecule has 0 radical (unpaired) electrons. The van der Waals surface area contributed by atoms with Gasteiger partial charge in [-0.05, 0) is 48.4 Å². The van der Waals surface area contributed by atoms with Crippen LogP contribution in [0.3, 0.4) is 0 Å².